The fourth-order valence-electron chi connectivity index (χ4n) is 0.264. The van der Waals surface area contributed by atoms with Gasteiger partial charge in [0.25, 0.3) is 4.52 Å². The molecular weight excluding hydrogens is 175 g/mol. The zero-order valence-corrected chi connectivity index (χ0v) is 5.92. The van der Waals surface area contributed by atoms with Crippen LogP contribution in [0, 0.1) is 0 Å². The van der Waals surface area contributed by atoms with Crippen LogP contribution in [0.15, 0.2) is 0 Å². The number of halogens is 2. The maximum Gasteiger partial charge on any atom is 0.307 e. The standard InChI is InChI=1S/C2H2Cl2O3S/c3-2(4)1-6-8(5)7-2/h1H2. The number of alkyl halides is 2. The minimum absolute atomic E-state index is 0.0529. The summed E-state index contributed by atoms with van der Waals surface area (Å²) in [5.74, 6) is 0. The van der Waals surface area contributed by atoms with Gasteiger partial charge in [0.2, 0.25) is 0 Å². The first-order chi connectivity index (χ1) is 3.60. The average molecular weight is 177 g/mol. The highest BCUT2D eigenvalue weighted by atomic mass is 35.5. The van der Waals surface area contributed by atoms with Crippen LogP contribution < -0.4 is 0 Å². The van der Waals surface area contributed by atoms with Gasteiger partial charge in [-0.25, -0.2) is 4.18 Å². The molecule has 0 bridgehead atoms. The Morgan fingerprint density at radius 3 is 2.38 bits per heavy atom. The molecule has 1 aliphatic heterocycles. The van der Waals surface area contributed by atoms with E-state index < -0.39 is 15.9 Å². The molecule has 48 valence electrons. The Hall–Kier alpha value is 0.650. The summed E-state index contributed by atoms with van der Waals surface area (Å²) in [6, 6.07) is 0. The summed E-state index contributed by atoms with van der Waals surface area (Å²) in [4.78, 5) is 0. The van der Waals surface area contributed by atoms with Gasteiger partial charge in [-0.05, 0) is 0 Å². The van der Waals surface area contributed by atoms with Crippen LogP contribution in [0.2, 0.25) is 0 Å². The van der Waals surface area contributed by atoms with Gasteiger partial charge in [-0.3, -0.25) is 4.18 Å². The second kappa shape index (κ2) is 2.11. The smallest absolute Gasteiger partial charge is 0.263 e. The van der Waals surface area contributed by atoms with Crippen molar-refractivity contribution in [2.24, 2.45) is 0 Å². The van der Waals surface area contributed by atoms with E-state index in [1.165, 1.54) is 0 Å². The Kier molecular flexibility index (Phi) is 1.79. The van der Waals surface area contributed by atoms with Gasteiger partial charge in [0.15, 0.2) is 0 Å². The first-order valence-corrected chi connectivity index (χ1v) is 3.48. The Morgan fingerprint density at radius 2 is 2.25 bits per heavy atom. The van der Waals surface area contributed by atoms with E-state index in [-0.39, 0.29) is 6.61 Å². The van der Waals surface area contributed by atoms with Crippen molar-refractivity contribution < 1.29 is 12.6 Å². The zero-order valence-electron chi connectivity index (χ0n) is 3.60. The molecular formula is C2H2Cl2O3S. The van der Waals surface area contributed by atoms with Gasteiger partial charge in [0.1, 0.15) is 6.61 Å². The van der Waals surface area contributed by atoms with Gasteiger partial charge in [-0.2, -0.15) is 4.21 Å². The van der Waals surface area contributed by atoms with Crippen LogP contribution in [0.5, 0.6) is 0 Å². The van der Waals surface area contributed by atoms with Crippen molar-refractivity contribution in [3.05, 3.63) is 0 Å². The van der Waals surface area contributed by atoms with Gasteiger partial charge in [-0.1, -0.05) is 23.2 Å². The third-order valence-corrected chi connectivity index (χ3v) is 1.80. The molecule has 0 saturated carbocycles. The maximum atomic E-state index is 10.2. The lowest BCUT2D eigenvalue weighted by Gasteiger charge is -2.01. The molecule has 1 aliphatic rings. The molecule has 8 heavy (non-hydrogen) atoms. The van der Waals surface area contributed by atoms with Crippen LogP contribution >= 0.6 is 23.2 Å². The van der Waals surface area contributed by atoms with Crippen LogP contribution in [0.3, 0.4) is 0 Å². The Balaban J connectivity index is 2.56. The van der Waals surface area contributed by atoms with E-state index in [0.29, 0.717) is 0 Å². The summed E-state index contributed by atoms with van der Waals surface area (Å²) in [6.45, 7) is -0.0529. The molecule has 0 spiro atoms. The summed E-state index contributed by atoms with van der Waals surface area (Å²) in [5, 5.41) is 0. The molecule has 0 aromatic heterocycles. The quantitative estimate of drug-likeness (QED) is 0.512. The molecule has 3 nitrogen and oxygen atoms in total. The molecule has 0 amide bonds. The van der Waals surface area contributed by atoms with Crippen molar-refractivity contribution in [1.29, 1.82) is 0 Å². The van der Waals surface area contributed by atoms with Gasteiger partial charge in [0.05, 0.1) is 0 Å². The summed E-state index contributed by atoms with van der Waals surface area (Å²) in [6.07, 6.45) is 0. The molecule has 1 heterocycles. The molecule has 1 unspecified atom stereocenters. The summed E-state index contributed by atoms with van der Waals surface area (Å²) >= 11 is 8.82. The Labute approximate surface area is 58.7 Å². The molecule has 0 aliphatic carbocycles. The minimum atomic E-state index is -1.76. The van der Waals surface area contributed by atoms with E-state index in [2.05, 4.69) is 8.37 Å². The topological polar surface area (TPSA) is 35.5 Å². The van der Waals surface area contributed by atoms with Crippen molar-refractivity contribution in [1.82, 2.24) is 0 Å². The molecule has 1 saturated heterocycles. The van der Waals surface area contributed by atoms with Crippen LogP contribution in [0.25, 0.3) is 0 Å². The second-order valence-electron chi connectivity index (χ2n) is 1.19. The monoisotopic (exact) mass is 176 g/mol. The molecule has 0 aromatic rings. The van der Waals surface area contributed by atoms with Crippen molar-refractivity contribution in [2.75, 3.05) is 6.61 Å². The van der Waals surface area contributed by atoms with Crippen molar-refractivity contribution in [3.8, 4) is 0 Å². The van der Waals surface area contributed by atoms with Gasteiger partial charge < -0.3 is 0 Å². The number of rotatable bonds is 0. The molecule has 6 heteroatoms. The van der Waals surface area contributed by atoms with Crippen molar-refractivity contribution in [2.45, 2.75) is 4.52 Å². The predicted octanol–water partition coefficient (Wildman–Crippen LogP) is 0.743. The third-order valence-electron chi connectivity index (χ3n) is 0.513. The Morgan fingerprint density at radius 1 is 1.62 bits per heavy atom. The molecule has 0 radical (unpaired) electrons. The summed E-state index contributed by atoms with van der Waals surface area (Å²) < 4.78 is 17.4. The van der Waals surface area contributed by atoms with E-state index >= 15 is 0 Å². The Bertz CT molecular complexity index is 124. The molecule has 1 atom stereocenters. The fraction of sp³-hybridized carbons (Fsp3) is 1.00. The highest BCUT2D eigenvalue weighted by Gasteiger charge is 2.36. The lowest BCUT2D eigenvalue weighted by Crippen LogP contribution is -2.13. The van der Waals surface area contributed by atoms with Crippen LogP contribution in [0.4, 0.5) is 0 Å². The van der Waals surface area contributed by atoms with Gasteiger partial charge in [0, 0.05) is 0 Å². The zero-order chi connectivity index (χ0) is 6.20. The van der Waals surface area contributed by atoms with Gasteiger partial charge in [-0.15, -0.1) is 0 Å². The molecule has 1 fully saturated rings. The van der Waals surface area contributed by atoms with Crippen molar-refractivity contribution in [3.63, 3.8) is 0 Å². The van der Waals surface area contributed by atoms with E-state index in [1.807, 2.05) is 0 Å². The first-order valence-electron chi connectivity index (χ1n) is 1.72. The van der Waals surface area contributed by atoms with Crippen LogP contribution in [-0.4, -0.2) is 15.3 Å². The first kappa shape index (κ1) is 6.77. The third kappa shape index (κ3) is 1.56. The molecule has 1 rings (SSSR count). The SMILES string of the molecule is O=S1OCC(Cl)(Cl)O1. The van der Waals surface area contributed by atoms with E-state index in [9.17, 15) is 4.21 Å². The second-order valence-corrected chi connectivity index (χ2v) is 3.41. The van der Waals surface area contributed by atoms with E-state index in [0.717, 1.165) is 0 Å². The van der Waals surface area contributed by atoms with Crippen LogP contribution in [0.1, 0.15) is 0 Å². The van der Waals surface area contributed by atoms with Gasteiger partial charge >= 0.3 is 11.4 Å². The van der Waals surface area contributed by atoms with E-state index in [4.69, 9.17) is 23.2 Å². The highest BCUT2D eigenvalue weighted by Crippen LogP contribution is 2.29. The highest BCUT2D eigenvalue weighted by molar-refractivity contribution is 7.75. The molecule has 0 aromatic carbocycles. The normalized spacial score (nSPS) is 35.5. The summed E-state index contributed by atoms with van der Waals surface area (Å²) in [7, 11) is 0. The number of hydrogen-bond donors (Lipinski definition) is 0. The average Bonchev–Trinajstić information content (AvgIpc) is 1.82. The predicted molar refractivity (Wildman–Crippen MR) is 29.6 cm³/mol. The number of hydrogen-bond acceptors (Lipinski definition) is 3. The lowest BCUT2D eigenvalue weighted by molar-refractivity contribution is 0.284. The van der Waals surface area contributed by atoms with Crippen LogP contribution in [-0.2, 0) is 19.7 Å². The molecule has 0 N–H and O–H groups in total. The minimum Gasteiger partial charge on any atom is -0.263 e. The van der Waals surface area contributed by atoms with Crippen molar-refractivity contribution >= 4 is 34.6 Å². The lowest BCUT2D eigenvalue weighted by atomic mass is 10.8. The van der Waals surface area contributed by atoms with E-state index in [1.54, 1.807) is 0 Å². The fourth-order valence-corrected chi connectivity index (χ4v) is 1.37. The maximum absolute atomic E-state index is 10.2. The largest absolute Gasteiger partial charge is 0.307 e. The summed E-state index contributed by atoms with van der Waals surface area (Å²) in [5.41, 5.74) is 0.